The van der Waals surface area contributed by atoms with Gasteiger partial charge in [0.25, 0.3) is 5.69 Å². The topological polar surface area (TPSA) is 116 Å². The number of non-ortho nitro benzene ring substituents is 1. The number of nitrogens with zero attached hydrogens (tertiary/aromatic N) is 3. The molecular formula is C13H15N5O3. The van der Waals surface area contributed by atoms with Crippen LogP contribution in [0.5, 0.6) is 11.6 Å². The molecule has 1 heterocycles. The Bertz CT molecular complexity index is 702. The van der Waals surface area contributed by atoms with Gasteiger partial charge in [0.15, 0.2) is 0 Å². The van der Waals surface area contributed by atoms with Gasteiger partial charge in [-0.3, -0.25) is 10.1 Å². The summed E-state index contributed by atoms with van der Waals surface area (Å²) >= 11 is 0. The summed E-state index contributed by atoms with van der Waals surface area (Å²) in [4.78, 5) is 18.6. The van der Waals surface area contributed by atoms with E-state index in [1.54, 1.807) is 26.8 Å². The number of aryl methyl sites for hydroxylation is 2. The van der Waals surface area contributed by atoms with Gasteiger partial charge in [0.05, 0.1) is 10.5 Å². The normalized spacial score (nSPS) is 10.3. The maximum absolute atomic E-state index is 10.7. The highest BCUT2D eigenvalue weighted by atomic mass is 16.6. The van der Waals surface area contributed by atoms with Gasteiger partial charge < -0.3 is 10.2 Å². The van der Waals surface area contributed by atoms with Crippen molar-refractivity contribution in [2.75, 3.05) is 5.43 Å². The summed E-state index contributed by atoms with van der Waals surface area (Å²) in [6, 6.07) is 4.37. The number of ether oxygens (including phenoxy) is 1. The number of nitro groups is 1. The van der Waals surface area contributed by atoms with Crippen LogP contribution in [0, 0.1) is 30.9 Å². The van der Waals surface area contributed by atoms with Crippen LogP contribution in [0.1, 0.15) is 17.0 Å². The van der Waals surface area contributed by atoms with Crippen LogP contribution in [-0.4, -0.2) is 14.9 Å². The maximum atomic E-state index is 10.7. The highest BCUT2D eigenvalue weighted by Gasteiger charge is 2.14. The van der Waals surface area contributed by atoms with E-state index in [4.69, 9.17) is 10.6 Å². The first kappa shape index (κ1) is 14.7. The van der Waals surface area contributed by atoms with Crippen LogP contribution < -0.4 is 16.0 Å². The first-order valence-electron chi connectivity index (χ1n) is 6.17. The summed E-state index contributed by atoms with van der Waals surface area (Å²) < 4.78 is 5.73. The molecule has 0 saturated carbocycles. The molecule has 2 rings (SSSR count). The zero-order chi connectivity index (χ0) is 15.6. The van der Waals surface area contributed by atoms with Gasteiger partial charge in [-0.05, 0) is 32.4 Å². The summed E-state index contributed by atoms with van der Waals surface area (Å²) in [5.41, 5.74) is 3.79. The Morgan fingerprint density at radius 3 is 2.57 bits per heavy atom. The predicted molar refractivity (Wildman–Crippen MR) is 77.2 cm³/mol. The summed E-state index contributed by atoms with van der Waals surface area (Å²) in [6.07, 6.45) is 0. The Labute approximate surface area is 121 Å². The van der Waals surface area contributed by atoms with Crippen molar-refractivity contribution in [1.29, 1.82) is 0 Å². The molecule has 0 spiro atoms. The molecule has 8 nitrogen and oxygen atoms in total. The third-order valence-corrected chi connectivity index (χ3v) is 2.93. The van der Waals surface area contributed by atoms with Crippen molar-refractivity contribution in [3.05, 3.63) is 45.3 Å². The Kier molecular flexibility index (Phi) is 3.99. The van der Waals surface area contributed by atoms with Gasteiger partial charge in [-0.2, -0.15) is 4.98 Å². The fourth-order valence-corrected chi connectivity index (χ4v) is 1.81. The highest BCUT2D eigenvalue weighted by Crippen LogP contribution is 2.30. The number of nitrogens with two attached hydrogens (primary N) is 1. The Morgan fingerprint density at radius 2 is 2.00 bits per heavy atom. The number of nitro benzene ring substituents is 1. The van der Waals surface area contributed by atoms with Crippen LogP contribution >= 0.6 is 0 Å². The molecule has 110 valence electrons. The van der Waals surface area contributed by atoms with Crippen molar-refractivity contribution in [3.8, 4) is 11.6 Å². The minimum absolute atomic E-state index is 0.0137. The van der Waals surface area contributed by atoms with E-state index in [1.165, 1.54) is 12.1 Å². The number of nitrogen functional groups attached to an aromatic ring is 1. The fraction of sp³-hybridized carbons (Fsp3) is 0.231. The van der Waals surface area contributed by atoms with E-state index in [2.05, 4.69) is 15.4 Å². The lowest BCUT2D eigenvalue weighted by atomic mass is 10.2. The van der Waals surface area contributed by atoms with Gasteiger partial charge in [-0.15, -0.1) is 0 Å². The lowest BCUT2D eigenvalue weighted by Gasteiger charge is -2.12. The van der Waals surface area contributed by atoms with Gasteiger partial charge in [0, 0.05) is 12.1 Å². The number of hydrazine groups is 1. The van der Waals surface area contributed by atoms with Crippen LogP contribution in [-0.2, 0) is 0 Å². The molecule has 0 radical (unpaired) electrons. The van der Waals surface area contributed by atoms with E-state index in [1.807, 2.05) is 0 Å². The molecule has 0 bridgehead atoms. The largest absolute Gasteiger partial charge is 0.438 e. The Balaban J connectivity index is 2.39. The van der Waals surface area contributed by atoms with E-state index in [0.717, 1.165) is 0 Å². The smallest absolute Gasteiger partial charge is 0.269 e. The SMILES string of the molecule is Cc1nc(NN)c(C)c(Oc2ccc([N+](=O)[O-])cc2C)n1. The van der Waals surface area contributed by atoms with Crippen LogP contribution in [0.25, 0.3) is 0 Å². The molecule has 0 saturated heterocycles. The molecule has 0 aliphatic heterocycles. The molecule has 0 amide bonds. The number of hydrogen-bond donors (Lipinski definition) is 2. The summed E-state index contributed by atoms with van der Waals surface area (Å²) in [7, 11) is 0. The number of benzene rings is 1. The van der Waals surface area contributed by atoms with Crippen LogP contribution in [0.4, 0.5) is 11.5 Å². The van der Waals surface area contributed by atoms with Crippen molar-refractivity contribution in [2.24, 2.45) is 5.84 Å². The Morgan fingerprint density at radius 1 is 1.29 bits per heavy atom. The summed E-state index contributed by atoms with van der Waals surface area (Å²) in [5, 5.41) is 10.7. The van der Waals surface area contributed by atoms with Gasteiger partial charge in [-0.1, -0.05) is 0 Å². The van der Waals surface area contributed by atoms with E-state index < -0.39 is 4.92 Å². The van der Waals surface area contributed by atoms with Crippen LogP contribution in [0.2, 0.25) is 0 Å². The average Bonchev–Trinajstić information content (AvgIpc) is 2.44. The molecule has 1 aromatic carbocycles. The molecule has 1 aromatic heterocycles. The van der Waals surface area contributed by atoms with Crippen LogP contribution in [0.3, 0.4) is 0 Å². The molecule has 2 aromatic rings. The zero-order valence-electron chi connectivity index (χ0n) is 11.9. The van der Waals surface area contributed by atoms with Crippen LogP contribution in [0.15, 0.2) is 18.2 Å². The lowest BCUT2D eigenvalue weighted by molar-refractivity contribution is -0.384. The number of aromatic nitrogens is 2. The Hall–Kier alpha value is -2.74. The van der Waals surface area contributed by atoms with Crippen molar-refractivity contribution in [3.63, 3.8) is 0 Å². The summed E-state index contributed by atoms with van der Waals surface area (Å²) in [5.74, 6) is 7.21. The zero-order valence-corrected chi connectivity index (χ0v) is 11.9. The second-order valence-corrected chi connectivity index (χ2v) is 4.50. The third kappa shape index (κ3) is 3.06. The third-order valence-electron chi connectivity index (χ3n) is 2.93. The second-order valence-electron chi connectivity index (χ2n) is 4.50. The molecule has 0 aliphatic carbocycles. The molecule has 0 atom stereocenters. The van der Waals surface area contributed by atoms with Crippen molar-refractivity contribution in [2.45, 2.75) is 20.8 Å². The lowest BCUT2D eigenvalue weighted by Crippen LogP contribution is -2.12. The summed E-state index contributed by atoms with van der Waals surface area (Å²) in [6.45, 7) is 5.22. The molecular weight excluding hydrogens is 274 g/mol. The first-order valence-corrected chi connectivity index (χ1v) is 6.17. The highest BCUT2D eigenvalue weighted by molar-refractivity contribution is 5.50. The number of nitrogens with one attached hydrogen (secondary N) is 1. The van der Waals surface area contributed by atoms with Crippen molar-refractivity contribution < 1.29 is 9.66 Å². The number of rotatable bonds is 4. The minimum Gasteiger partial charge on any atom is -0.438 e. The first-order chi connectivity index (χ1) is 9.92. The van der Waals surface area contributed by atoms with Crippen molar-refractivity contribution in [1.82, 2.24) is 9.97 Å². The van der Waals surface area contributed by atoms with Gasteiger partial charge in [-0.25, -0.2) is 10.8 Å². The van der Waals surface area contributed by atoms with E-state index in [0.29, 0.717) is 34.4 Å². The monoisotopic (exact) mass is 289 g/mol. The molecule has 0 fully saturated rings. The fourth-order valence-electron chi connectivity index (χ4n) is 1.81. The van der Waals surface area contributed by atoms with Gasteiger partial charge in [0.1, 0.15) is 17.4 Å². The van der Waals surface area contributed by atoms with E-state index >= 15 is 0 Å². The molecule has 3 N–H and O–H groups in total. The quantitative estimate of drug-likeness (QED) is 0.504. The standard InChI is InChI=1S/C13H15N5O3/c1-7-6-10(18(19)20)4-5-11(7)21-13-8(2)12(17-14)15-9(3)16-13/h4-6H,14H2,1-3H3,(H,15,16,17). The minimum atomic E-state index is -0.451. The maximum Gasteiger partial charge on any atom is 0.269 e. The number of hydrogen-bond acceptors (Lipinski definition) is 7. The van der Waals surface area contributed by atoms with Gasteiger partial charge in [0.2, 0.25) is 5.88 Å². The predicted octanol–water partition coefficient (Wildman–Crippen LogP) is 2.39. The van der Waals surface area contributed by atoms with Crippen molar-refractivity contribution >= 4 is 11.5 Å². The number of anilines is 1. The average molecular weight is 289 g/mol. The molecule has 0 aliphatic rings. The van der Waals surface area contributed by atoms with E-state index in [9.17, 15) is 10.1 Å². The molecule has 8 heteroatoms. The molecule has 21 heavy (non-hydrogen) atoms. The van der Waals surface area contributed by atoms with E-state index in [-0.39, 0.29) is 5.69 Å². The second kappa shape index (κ2) is 5.71. The molecule has 0 unspecified atom stereocenters. The van der Waals surface area contributed by atoms with Gasteiger partial charge >= 0.3 is 0 Å².